The summed E-state index contributed by atoms with van der Waals surface area (Å²) in [5.41, 5.74) is 0. The lowest BCUT2D eigenvalue weighted by molar-refractivity contribution is -0.137. The van der Waals surface area contributed by atoms with Gasteiger partial charge in [-0.1, -0.05) is 13.3 Å². The van der Waals surface area contributed by atoms with E-state index in [1.54, 1.807) is 11.8 Å². The highest BCUT2D eigenvalue weighted by Crippen LogP contribution is 2.29. The van der Waals surface area contributed by atoms with E-state index in [2.05, 4.69) is 17.0 Å². The Balaban J connectivity index is 2.09. The molecule has 1 saturated carbocycles. The van der Waals surface area contributed by atoms with Gasteiger partial charge in [-0.3, -0.25) is 4.79 Å². The van der Waals surface area contributed by atoms with E-state index in [0.29, 0.717) is 11.8 Å². The van der Waals surface area contributed by atoms with Gasteiger partial charge in [0.05, 0.1) is 12.9 Å². The molecule has 0 aromatic carbocycles. The summed E-state index contributed by atoms with van der Waals surface area (Å²) in [6, 6.07) is 0.712. The van der Waals surface area contributed by atoms with Crippen LogP contribution in [0.25, 0.3) is 0 Å². The van der Waals surface area contributed by atoms with Crippen molar-refractivity contribution in [2.45, 2.75) is 38.6 Å². The number of methoxy groups -OCH3 is 1. The Bertz CT molecular complexity index is 211. The van der Waals surface area contributed by atoms with Gasteiger partial charge in [0.25, 0.3) is 0 Å². The van der Waals surface area contributed by atoms with Gasteiger partial charge in [0.1, 0.15) is 0 Å². The van der Waals surface area contributed by atoms with Crippen LogP contribution < -0.4 is 5.32 Å². The quantitative estimate of drug-likeness (QED) is 0.550. The van der Waals surface area contributed by atoms with Gasteiger partial charge in [0, 0.05) is 6.04 Å². The highest BCUT2D eigenvalue weighted by molar-refractivity contribution is 7.99. The van der Waals surface area contributed by atoms with E-state index in [-0.39, 0.29) is 5.97 Å². The standard InChI is InChI=1S/C12H23NO2S/c1-3-13-11-6-4-5-10(11)7-8-16-9-12(14)15-2/h10-11,13H,3-9H2,1-2H3. The zero-order valence-electron chi connectivity index (χ0n) is 10.3. The molecule has 0 radical (unpaired) electrons. The first-order valence-corrected chi connectivity index (χ1v) is 7.31. The van der Waals surface area contributed by atoms with Crippen LogP contribution in [0.3, 0.4) is 0 Å². The van der Waals surface area contributed by atoms with E-state index < -0.39 is 0 Å². The summed E-state index contributed by atoms with van der Waals surface area (Å²) in [5.74, 6) is 2.27. The number of hydrogen-bond donors (Lipinski definition) is 1. The predicted molar refractivity (Wildman–Crippen MR) is 68.8 cm³/mol. The third kappa shape index (κ3) is 4.74. The molecule has 0 heterocycles. The van der Waals surface area contributed by atoms with Crippen LogP contribution in [0.1, 0.15) is 32.6 Å². The molecule has 2 unspecified atom stereocenters. The van der Waals surface area contributed by atoms with E-state index in [4.69, 9.17) is 0 Å². The average molecular weight is 245 g/mol. The van der Waals surface area contributed by atoms with Crippen molar-refractivity contribution in [3.05, 3.63) is 0 Å². The molecule has 4 heteroatoms. The van der Waals surface area contributed by atoms with Crippen molar-refractivity contribution in [1.29, 1.82) is 0 Å². The number of thioether (sulfide) groups is 1. The predicted octanol–water partition coefficient (Wildman–Crippen LogP) is 2.06. The van der Waals surface area contributed by atoms with Crippen LogP contribution in [0.5, 0.6) is 0 Å². The zero-order chi connectivity index (χ0) is 11.8. The summed E-state index contributed by atoms with van der Waals surface area (Å²) in [6.07, 6.45) is 5.24. The minimum atomic E-state index is -0.111. The van der Waals surface area contributed by atoms with Crippen molar-refractivity contribution >= 4 is 17.7 Å². The summed E-state index contributed by atoms with van der Waals surface area (Å²) in [5, 5.41) is 3.55. The maximum atomic E-state index is 10.9. The summed E-state index contributed by atoms with van der Waals surface area (Å²) in [7, 11) is 1.45. The number of nitrogens with one attached hydrogen (secondary N) is 1. The molecule has 1 N–H and O–H groups in total. The number of rotatable bonds is 7. The lowest BCUT2D eigenvalue weighted by Gasteiger charge is -2.19. The third-order valence-electron chi connectivity index (χ3n) is 3.21. The molecule has 0 aliphatic heterocycles. The zero-order valence-corrected chi connectivity index (χ0v) is 11.1. The van der Waals surface area contributed by atoms with E-state index in [1.807, 2.05) is 0 Å². The van der Waals surface area contributed by atoms with Gasteiger partial charge in [-0.05, 0) is 37.5 Å². The highest BCUT2D eigenvalue weighted by atomic mass is 32.2. The largest absolute Gasteiger partial charge is 0.468 e. The molecule has 1 fully saturated rings. The number of carbonyl (C=O) groups is 1. The van der Waals surface area contributed by atoms with Gasteiger partial charge >= 0.3 is 5.97 Å². The first kappa shape index (κ1) is 13.8. The van der Waals surface area contributed by atoms with Crippen molar-refractivity contribution < 1.29 is 9.53 Å². The minimum Gasteiger partial charge on any atom is -0.468 e. The van der Waals surface area contributed by atoms with E-state index >= 15 is 0 Å². The van der Waals surface area contributed by atoms with Gasteiger partial charge in [0.15, 0.2) is 0 Å². The Hall–Kier alpha value is -0.220. The van der Waals surface area contributed by atoms with Crippen LogP contribution in [0.4, 0.5) is 0 Å². The molecule has 94 valence electrons. The summed E-state index contributed by atoms with van der Waals surface area (Å²) >= 11 is 1.69. The Morgan fingerprint density at radius 3 is 3.00 bits per heavy atom. The fraction of sp³-hybridized carbons (Fsp3) is 0.917. The summed E-state index contributed by atoms with van der Waals surface area (Å²) < 4.78 is 4.61. The molecule has 1 rings (SSSR count). The minimum absolute atomic E-state index is 0.111. The Morgan fingerprint density at radius 1 is 1.50 bits per heavy atom. The molecule has 0 saturated heterocycles. The summed E-state index contributed by atoms with van der Waals surface area (Å²) in [6.45, 7) is 3.23. The van der Waals surface area contributed by atoms with Crippen LogP contribution in [-0.2, 0) is 9.53 Å². The highest BCUT2D eigenvalue weighted by Gasteiger charge is 2.25. The van der Waals surface area contributed by atoms with Crippen LogP contribution in [-0.4, -0.2) is 37.2 Å². The molecule has 0 spiro atoms. The van der Waals surface area contributed by atoms with Gasteiger partial charge in [-0.25, -0.2) is 0 Å². The average Bonchev–Trinajstić information content (AvgIpc) is 2.72. The number of hydrogen-bond acceptors (Lipinski definition) is 4. The fourth-order valence-electron chi connectivity index (χ4n) is 2.36. The topological polar surface area (TPSA) is 38.3 Å². The lowest BCUT2D eigenvalue weighted by Crippen LogP contribution is -2.32. The van der Waals surface area contributed by atoms with Crippen LogP contribution in [0, 0.1) is 5.92 Å². The number of esters is 1. The maximum absolute atomic E-state index is 10.9. The molecule has 1 aliphatic rings. The van der Waals surface area contributed by atoms with Gasteiger partial charge in [-0.2, -0.15) is 11.8 Å². The monoisotopic (exact) mass is 245 g/mol. The summed E-state index contributed by atoms with van der Waals surface area (Å²) in [4.78, 5) is 10.9. The van der Waals surface area contributed by atoms with E-state index in [1.165, 1.54) is 32.8 Å². The Kier molecular flexibility index (Phi) is 6.88. The molecule has 0 bridgehead atoms. The van der Waals surface area contributed by atoms with E-state index in [9.17, 15) is 4.79 Å². The first-order valence-electron chi connectivity index (χ1n) is 6.15. The normalized spacial score (nSPS) is 24.6. The second-order valence-electron chi connectivity index (χ2n) is 4.27. The molecule has 0 aromatic heterocycles. The van der Waals surface area contributed by atoms with Crippen LogP contribution >= 0.6 is 11.8 Å². The smallest absolute Gasteiger partial charge is 0.315 e. The molecular formula is C12H23NO2S. The number of ether oxygens (including phenoxy) is 1. The molecule has 16 heavy (non-hydrogen) atoms. The van der Waals surface area contributed by atoms with Gasteiger partial charge in [0.2, 0.25) is 0 Å². The van der Waals surface area contributed by atoms with Crippen molar-refractivity contribution in [2.75, 3.05) is 25.2 Å². The Labute approximate surface area is 103 Å². The van der Waals surface area contributed by atoms with Crippen molar-refractivity contribution in [3.8, 4) is 0 Å². The lowest BCUT2D eigenvalue weighted by atomic mass is 10.0. The second kappa shape index (κ2) is 7.96. The van der Waals surface area contributed by atoms with Crippen LogP contribution in [0.2, 0.25) is 0 Å². The number of carbonyl (C=O) groups excluding carboxylic acids is 1. The molecule has 0 amide bonds. The van der Waals surface area contributed by atoms with Crippen LogP contribution in [0.15, 0.2) is 0 Å². The molecule has 0 aromatic rings. The molecule has 3 nitrogen and oxygen atoms in total. The molecule has 1 aliphatic carbocycles. The first-order chi connectivity index (χ1) is 7.77. The van der Waals surface area contributed by atoms with Crippen molar-refractivity contribution in [2.24, 2.45) is 5.92 Å². The fourth-order valence-corrected chi connectivity index (χ4v) is 3.26. The van der Waals surface area contributed by atoms with Crippen molar-refractivity contribution in [3.63, 3.8) is 0 Å². The maximum Gasteiger partial charge on any atom is 0.315 e. The Morgan fingerprint density at radius 2 is 2.31 bits per heavy atom. The molecular weight excluding hydrogens is 222 g/mol. The van der Waals surface area contributed by atoms with E-state index in [0.717, 1.165) is 18.2 Å². The molecule has 2 atom stereocenters. The van der Waals surface area contributed by atoms with Crippen molar-refractivity contribution in [1.82, 2.24) is 5.32 Å². The SMILES string of the molecule is CCNC1CCCC1CCSCC(=O)OC. The van der Waals surface area contributed by atoms with Gasteiger partial charge in [-0.15, -0.1) is 0 Å². The third-order valence-corrected chi connectivity index (χ3v) is 4.17. The second-order valence-corrected chi connectivity index (χ2v) is 5.38. The van der Waals surface area contributed by atoms with Gasteiger partial charge < -0.3 is 10.1 Å².